The van der Waals surface area contributed by atoms with Crippen LogP contribution in [0.5, 0.6) is 0 Å². The summed E-state index contributed by atoms with van der Waals surface area (Å²) in [5.74, 6) is 1.75. The van der Waals surface area contributed by atoms with Crippen LogP contribution < -0.4 is 0 Å². The monoisotopic (exact) mass is 708 g/mol. The summed E-state index contributed by atoms with van der Waals surface area (Å²) in [6.07, 6.45) is 0. The predicted octanol–water partition coefficient (Wildman–Crippen LogP) is 13.0. The van der Waals surface area contributed by atoms with Crippen molar-refractivity contribution >= 4 is 64.4 Å². The van der Waals surface area contributed by atoms with E-state index >= 15 is 0 Å². The zero-order chi connectivity index (χ0) is 35.6. The van der Waals surface area contributed by atoms with Crippen LogP contribution in [0.25, 0.3) is 110 Å². The van der Waals surface area contributed by atoms with Crippen LogP contribution in [-0.2, 0) is 0 Å². The first kappa shape index (κ1) is 30.6. The maximum Gasteiger partial charge on any atom is 0.167 e. The van der Waals surface area contributed by atoms with Gasteiger partial charge in [0.05, 0.1) is 11.3 Å². The van der Waals surface area contributed by atoms with Gasteiger partial charge in [0.1, 0.15) is 16.0 Å². The minimum absolute atomic E-state index is 0.561. The van der Waals surface area contributed by atoms with Crippen molar-refractivity contribution in [3.63, 3.8) is 0 Å². The van der Waals surface area contributed by atoms with E-state index in [0.29, 0.717) is 17.5 Å². The highest BCUT2D eigenvalue weighted by molar-refractivity contribution is 7.25. The van der Waals surface area contributed by atoms with Gasteiger partial charge in [-0.3, -0.25) is 0 Å². The molecule has 0 atom stereocenters. The fourth-order valence-electron chi connectivity index (χ4n) is 7.61. The number of furan rings is 1. The van der Waals surface area contributed by atoms with Crippen LogP contribution in [0.3, 0.4) is 0 Å². The molecule has 0 amide bonds. The Morgan fingerprint density at radius 2 is 0.963 bits per heavy atom. The van der Waals surface area contributed by atoms with Crippen molar-refractivity contribution in [2.45, 2.75) is 0 Å². The van der Waals surface area contributed by atoms with Gasteiger partial charge < -0.3 is 4.42 Å². The zero-order valence-corrected chi connectivity index (χ0v) is 29.6. The Balaban J connectivity index is 1.05. The summed E-state index contributed by atoms with van der Waals surface area (Å²) in [5.41, 5.74) is 8.42. The first-order valence-corrected chi connectivity index (χ1v) is 18.7. The van der Waals surface area contributed by atoms with Gasteiger partial charge in [0.15, 0.2) is 17.5 Å². The van der Waals surface area contributed by atoms with E-state index in [9.17, 15) is 0 Å². The largest absolute Gasteiger partial charge is 0.455 e. The molecule has 0 fully saturated rings. The number of pyridine rings is 1. The molecule has 252 valence electrons. The lowest BCUT2D eigenvalue weighted by molar-refractivity contribution is 0.669. The number of aromatic nitrogens is 4. The Labute approximate surface area is 313 Å². The van der Waals surface area contributed by atoms with Gasteiger partial charge >= 0.3 is 0 Å². The Kier molecular flexibility index (Phi) is 6.97. The van der Waals surface area contributed by atoms with Crippen molar-refractivity contribution in [2.75, 3.05) is 0 Å². The van der Waals surface area contributed by atoms with E-state index in [-0.39, 0.29) is 0 Å². The molecule has 0 N–H and O–H groups in total. The van der Waals surface area contributed by atoms with E-state index in [2.05, 4.69) is 109 Å². The van der Waals surface area contributed by atoms with E-state index in [1.807, 2.05) is 60.7 Å². The normalized spacial score (nSPS) is 11.7. The number of hydrogen-bond donors (Lipinski definition) is 0. The lowest BCUT2D eigenvalue weighted by atomic mass is 9.97. The topological polar surface area (TPSA) is 64.7 Å². The Morgan fingerprint density at radius 3 is 1.80 bits per heavy atom. The Morgan fingerprint density at radius 1 is 0.389 bits per heavy atom. The van der Waals surface area contributed by atoms with Crippen LogP contribution in [-0.4, -0.2) is 19.9 Å². The molecule has 11 rings (SSSR count). The van der Waals surface area contributed by atoms with Crippen LogP contribution in [0.1, 0.15) is 0 Å². The Hall–Kier alpha value is -7.02. The summed E-state index contributed by atoms with van der Waals surface area (Å²) in [6.45, 7) is 0. The number of rotatable bonds is 5. The second kappa shape index (κ2) is 12.3. The average molecular weight is 709 g/mol. The van der Waals surface area contributed by atoms with Gasteiger partial charge in [-0.05, 0) is 46.8 Å². The lowest BCUT2D eigenvalue weighted by Gasteiger charge is -2.11. The third-order valence-corrected chi connectivity index (χ3v) is 11.2. The first-order chi connectivity index (χ1) is 26.7. The van der Waals surface area contributed by atoms with Crippen LogP contribution in [0, 0.1) is 0 Å². The molecule has 0 bridgehead atoms. The first-order valence-electron chi connectivity index (χ1n) is 17.9. The SMILES string of the molecule is c1ccc(-c2nc(-c3cccc(-c4cccc(-c5nc6sc7ccccc7c6c6ccccc56)c4)c3)nc(-c3cccc4c3oc3ccccc34)n2)cc1. The molecule has 0 aliphatic heterocycles. The molecule has 7 aromatic carbocycles. The number of nitrogens with zero attached hydrogens (tertiary/aromatic N) is 4. The smallest absolute Gasteiger partial charge is 0.167 e. The molecule has 11 aromatic rings. The predicted molar refractivity (Wildman–Crippen MR) is 222 cm³/mol. The fourth-order valence-corrected chi connectivity index (χ4v) is 8.70. The van der Waals surface area contributed by atoms with Gasteiger partial charge in [-0.2, -0.15) is 0 Å². The third-order valence-electron chi connectivity index (χ3n) is 10.1. The van der Waals surface area contributed by atoms with Crippen molar-refractivity contribution in [3.05, 3.63) is 170 Å². The molecule has 4 aromatic heterocycles. The van der Waals surface area contributed by atoms with Gasteiger partial charge in [0.2, 0.25) is 0 Å². The maximum absolute atomic E-state index is 6.41. The van der Waals surface area contributed by atoms with Crippen LogP contribution in [0.4, 0.5) is 0 Å². The molecule has 0 unspecified atom stereocenters. The molecule has 0 aliphatic rings. The third kappa shape index (κ3) is 4.99. The molecule has 0 spiro atoms. The van der Waals surface area contributed by atoms with E-state index in [1.165, 1.54) is 20.9 Å². The van der Waals surface area contributed by atoms with Crippen molar-refractivity contribution in [2.24, 2.45) is 0 Å². The molecular formula is C48H28N4OS. The van der Waals surface area contributed by atoms with Crippen molar-refractivity contribution in [1.29, 1.82) is 0 Å². The van der Waals surface area contributed by atoms with Gasteiger partial charge in [-0.1, -0.05) is 140 Å². The summed E-state index contributed by atoms with van der Waals surface area (Å²) < 4.78 is 7.66. The second-order valence-electron chi connectivity index (χ2n) is 13.4. The minimum Gasteiger partial charge on any atom is -0.455 e. The summed E-state index contributed by atoms with van der Waals surface area (Å²) >= 11 is 1.75. The number of thiophene rings is 1. The van der Waals surface area contributed by atoms with Crippen LogP contribution in [0.2, 0.25) is 0 Å². The molecule has 6 heteroatoms. The Bertz CT molecular complexity index is 3240. The van der Waals surface area contributed by atoms with Gasteiger partial charge in [-0.25, -0.2) is 19.9 Å². The van der Waals surface area contributed by atoms with Crippen LogP contribution in [0.15, 0.2) is 174 Å². The van der Waals surface area contributed by atoms with Crippen molar-refractivity contribution in [3.8, 4) is 56.5 Å². The number of fused-ring (bicyclic) bond motifs is 8. The fraction of sp³-hybridized carbons (Fsp3) is 0. The molecule has 54 heavy (non-hydrogen) atoms. The van der Waals surface area contributed by atoms with Gasteiger partial charge in [0, 0.05) is 48.3 Å². The standard InChI is InChI=1S/C48H28N4OS/c1-2-13-29(14-3-1)45-50-46(52-47(51-45)39-24-12-23-37-34-19-6-8-25-40(34)53-44(37)39)33-18-11-16-31(28-33)30-15-10-17-32(27-30)43-36-21-5-4-20-35(36)42-38-22-7-9-26-41(38)54-48(42)49-43/h1-28H. The van der Waals surface area contributed by atoms with Crippen LogP contribution >= 0.6 is 11.3 Å². The van der Waals surface area contributed by atoms with E-state index in [0.717, 1.165) is 71.2 Å². The molecular weight excluding hydrogens is 681 g/mol. The summed E-state index contributed by atoms with van der Waals surface area (Å²) in [7, 11) is 0. The molecule has 0 saturated carbocycles. The minimum atomic E-state index is 0.561. The highest BCUT2D eigenvalue weighted by Gasteiger charge is 2.19. The molecule has 0 radical (unpaired) electrons. The summed E-state index contributed by atoms with van der Waals surface area (Å²) in [6, 6.07) is 58.6. The van der Waals surface area contributed by atoms with E-state index < -0.39 is 0 Å². The van der Waals surface area contributed by atoms with Crippen molar-refractivity contribution < 1.29 is 4.42 Å². The quantitative estimate of drug-likeness (QED) is 0.178. The average Bonchev–Trinajstić information content (AvgIpc) is 3.82. The van der Waals surface area contributed by atoms with Crippen molar-refractivity contribution in [1.82, 2.24) is 19.9 Å². The molecule has 0 saturated heterocycles. The molecule has 4 heterocycles. The van der Waals surface area contributed by atoms with E-state index in [4.69, 9.17) is 24.4 Å². The highest BCUT2D eigenvalue weighted by Crippen LogP contribution is 2.41. The molecule has 5 nitrogen and oxygen atoms in total. The second-order valence-corrected chi connectivity index (χ2v) is 14.4. The molecule has 0 aliphatic carbocycles. The lowest BCUT2D eigenvalue weighted by Crippen LogP contribution is -2.00. The summed E-state index contributed by atoms with van der Waals surface area (Å²) in [5, 5.41) is 6.94. The number of hydrogen-bond acceptors (Lipinski definition) is 6. The van der Waals surface area contributed by atoms with E-state index in [1.54, 1.807) is 11.3 Å². The van der Waals surface area contributed by atoms with Gasteiger partial charge in [-0.15, -0.1) is 11.3 Å². The maximum atomic E-state index is 6.41. The highest BCUT2D eigenvalue weighted by atomic mass is 32.1. The summed E-state index contributed by atoms with van der Waals surface area (Å²) in [4.78, 5) is 21.5. The number of benzene rings is 7. The number of para-hydroxylation sites is 2. The van der Waals surface area contributed by atoms with Gasteiger partial charge in [0.25, 0.3) is 0 Å². The zero-order valence-electron chi connectivity index (χ0n) is 28.8.